The van der Waals surface area contributed by atoms with Crippen LogP contribution in [0.5, 0.6) is 34.5 Å². The fourth-order valence-electron chi connectivity index (χ4n) is 7.12. The Balaban J connectivity index is 1.38. The Hall–Kier alpha value is -4.62. The van der Waals surface area contributed by atoms with E-state index in [9.17, 15) is 9.90 Å². The maximum Gasteiger partial charge on any atom is 0.350 e. The molecule has 0 spiro atoms. The predicted octanol–water partition coefficient (Wildman–Crippen LogP) is 11.7. The van der Waals surface area contributed by atoms with Crippen LogP contribution in [-0.4, -0.2) is 87.4 Å². The van der Waals surface area contributed by atoms with Crippen molar-refractivity contribution in [3.05, 3.63) is 107 Å². The molecule has 0 bridgehead atoms. The molecule has 0 radical (unpaired) electrons. The number of methoxy groups -OCH3 is 4. The van der Waals surface area contributed by atoms with Crippen molar-refractivity contribution in [2.45, 2.75) is 141 Å². The highest BCUT2D eigenvalue weighted by atomic mass is 28.4. The molecule has 1 saturated heterocycles. The van der Waals surface area contributed by atoms with Crippen LogP contribution in [0.25, 0.3) is 0 Å². The van der Waals surface area contributed by atoms with Crippen molar-refractivity contribution in [1.82, 2.24) is 0 Å². The summed E-state index contributed by atoms with van der Waals surface area (Å²) in [5.41, 5.74) is 3.02. The molecule has 1 fully saturated rings. The number of rotatable bonds is 21. The third-order valence-electron chi connectivity index (χ3n) is 13.3. The lowest BCUT2D eigenvalue weighted by Gasteiger charge is -2.41. The van der Waals surface area contributed by atoms with Crippen LogP contribution in [0.15, 0.2) is 84.9 Å². The molecule has 1 heterocycles. The van der Waals surface area contributed by atoms with Crippen LogP contribution in [0, 0.1) is 0 Å². The van der Waals surface area contributed by atoms with E-state index in [1.165, 1.54) is 21.3 Å². The topological polar surface area (TPSA) is 139 Å². The Morgan fingerprint density at radius 1 is 0.735 bits per heavy atom. The van der Waals surface area contributed by atoms with Crippen LogP contribution in [0.1, 0.15) is 102 Å². The summed E-state index contributed by atoms with van der Waals surface area (Å²) in [5, 5.41) is 11.9. The molecule has 0 amide bonds. The SMILES string of the molecule is COC(=O)[C@@H](Oc1ccc(C(CCO[Si](C)(C)C(C)(C)C)O[Si](C)(C)C(C)(C)C)cc1OC)[C@H](O)c1ccc(O[C@@H]2COC(C)(C)O[C@H]2c2ccc(OCc3ccccc3)c(OC)c2)c(OC)c1. The second-order valence-electron chi connectivity index (χ2n) is 20.7. The van der Waals surface area contributed by atoms with Gasteiger partial charge in [-0.05, 0) is 115 Å². The molecule has 5 atom stereocenters. The van der Waals surface area contributed by atoms with Gasteiger partial charge in [0.2, 0.25) is 6.10 Å². The van der Waals surface area contributed by atoms with Crippen LogP contribution >= 0.6 is 0 Å². The van der Waals surface area contributed by atoms with Gasteiger partial charge in [-0.3, -0.25) is 0 Å². The molecule has 1 aliphatic heterocycles. The number of aliphatic hydroxyl groups is 1. The fourth-order valence-corrected chi connectivity index (χ4v) is 9.50. The van der Waals surface area contributed by atoms with Gasteiger partial charge >= 0.3 is 5.97 Å². The highest BCUT2D eigenvalue weighted by molar-refractivity contribution is 6.74. The minimum Gasteiger partial charge on any atom is -0.493 e. The van der Waals surface area contributed by atoms with Crippen molar-refractivity contribution in [3.63, 3.8) is 0 Å². The molecule has 4 aromatic rings. The Kier molecular flexibility index (Phi) is 17.9. The summed E-state index contributed by atoms with van der Waals surface area (Å²) >= 11 is 0. The van der Waals surface area contributed by atoms with E-state index in [4.69, 9.17) is 51.5 Å². The van der Waals surface area contributed by atoms with Crippen molar-refractivity contribution in [3.8, 4) is 34.5 Å². The van der Waals surface area contributed by atoms with Crippen molar-refractivity contribution >= 4 is 22.6 Å². The zero-order chi connectivity index (χ0) is 50.2. The quantitative estimate of drug-likeness (QED) is 0.0626. The van der Waals surface area contributed by atoms with E-state index in [0.717, 1.165) is 16.7 Å². The Morgan fingerprint density at radius 2 is 1.31 bits per heavy atom. The summed E-state index contributed by atoms with van der Waals surface area (Å²) in [5.74, 6) is 0.673. The van der Waals surface area contributed by atoms with Crippen LogP contribution in [0.3, 0.4) is 0 Å². The van der Waals surface area contributed by atoms with Crippen LogP contribution in [0.4, 0.5) is 0 Å². The molecule has 0 saturated carbocycles. The van der Waals surface area contributed by atoms with Crippen molar-refractivity contribution in [2.24, 2.45) is 0 Å². The molecule has 4 aromatic carbocycles. The predicted molar refractivity (Wildman–Crippen MR) is 268 cm³/mol. The Bertz CT molecular complexity index is 2270. The van der Waals surface area contributed by atoms with E-state index < -0.39 is 52.8 Å². The summed E-state index contributed by atoms with van der Waals surface area (Å²) in [6, 6.07) is 26.0. The van der Waals surface area contributed by atoms with Gasteiger partial charge in [0.1, 0.15) is 18.8 Å². The fraction of sp³-hybridized carbons (Fsp3) is 0.528. The van der Waals surface area contributed by atoms with Gasteiger partial charge in [-0.1, -0.05) is 90.1 Å². The van der Waals surface area contributed by atoms with E-state index in [1.807, 2.05) is 74.5 Å². The van der Waals surface area contributed by atoms with Crippen LogP contribution < -0.4 is 28.4 Å². The van der Waals surface area contributed by atoms with Crippen molar-refractivity contribution in [1.29, 1.82) is 0 Å². The molecule has 5 rings (SSSR count). The highest BCUT2D eigenvalue weighted by Gasteiger charge is 2.42. The molecular weight excluding hydrogens is 901 g/mol. The van der Waals surface area contributed by atoms with Crippen molar-refractivity contribution < 1.29 is 61.4 Å². The van der Waals surface area contributed by atoms with Crippen molar-refractivity contribution in [2.75, 3.05) is 41.7 Å². The van der Waals surface area contributed by atoms with Gasteiger partial charge in [0.05, 0.1) is 41.2 Å². The third-order valence-corrected chi connectivity index (χ3v) is 22.4. The molecule has 374 valence electrons. The van der Waals surface area contributed by atoms with E-state index in [2.05, 4.69) is 67.7 Å². The monoisotopic (exact) mass is 976 g/mol. The van der Waals surface area contributed by atoms with Gasteiger partial charge < -0.3 is 56.6 Å². The van der Waals surface area contributed by atoms with Crippen LogP contribution in [-0.2, 0) is 34.5 Å². The van der Waals surface area contributed by atoms with E-state index >= 15 is 0 Å². The van der Waals surface area contributed by atoms with E-state index in [0.29, 0.717) is 53.9 Å². The van der Waals surface area contributed by atoms with Gasteiger partial charge in [0.25, 0.3) is 0 Å². The first-order chi connectivity index (χ1) is 31.8. The maximum absolute atomic E-state index is 13.4. The zero-order valence-electron chi connectivity index (χ0n) is 43.1. The zero-order valence-corrected chi connectivity index (χ0v) is 45.1. The summed E-state index contributed by atoms with van der Waals surface area (Å²) in [6.45, 7) is 27.1. The largest absolute Gasteiger partial charge is 0.493 e. The Labute approximate surface area is 406 Å². The van der Waals surface area contributed by atoms with E-state index in [1.54, 1.807) is 31.4 Å². The number of aliphatic hydroxyl groups excluding tert-OH is 1. The average molecular weight is 977 g/mol. The lowest BCUT2D eigenvalue weighted by atomic mass is 10.0. The van der Waals surface area contributed by atoms with Gasteiger partial charge in [0.15, 0.2) is 63.0 Å². The third kappa shape index (κ3) is 13.6. The molecular formula is C53H76O13Si2. The standard InChI is InChI=1S/C53H76O13Si2/c1-51(2,3)67(13,14)62-29-28-39(66-68(15,16)52(4,5)6)36-22-26-42(44(30-36)57-10)64-49(50(55)59-12)47(54)37-23-27-41(45(31-37)58-11)63-46-34-61-53(7,8)65-48(46)38-24-25-40(43(32-38)56-9)60-33-35-20-18-17-19-21-35/h17-27,30-32,39,46-49,54H,28-29,33-34H2,1-16H3/t39?,46-,47-,48+,49+/m1/s1. The number of esters is 1. The average Bonchev–Trinajstić information content (AvgIpc) is 3.29. The Morgan fingerprint density at radius 3 is 1.93 bits per heavy atom. The summed E-state index contributed by atoms with van der Waals surface area (Å²) < 4.78 is 67.8. The first-order valence-electron chi connectivity index (χ1n) is 23.3. The summed E-state index contributed by atoms with van der Waals surface area (Å²) in [4.78, 5) is 13.4. The summed E-state index contributed by atoms with van der Waals surface area (Å²) in [7, 11) is 1.61. The molecule has 15 heteroatoms. The first kappa shape index (κ1) is 54.3. The first-order valence-corrected chi connectivity index (χ1v) is 29.1. The highest BCUT2D eigenvalue weighted by Crippen LogP contribution is 2.45. The minimum atomic E-state index is -2.24. The molecule has 0 aliphatic carbocycles. The second kappa shape index (κ2) is 22.4. The number of ether oxygens (including phenoxy) is 9. The van der Waals surface area contributed by atoms with Gasteiger partial charge in [-0.15, -0.1) is 0 Å². The lowest BCUT2D eigenvalue weighted by molar-refractivity contribution is -0.302. The molecule has 68 heavy (non-hydrogen) atoms. The number of benzene rings is 4. The number of carbonyl (C=O) groups is 1. The number of hydrogen-bond acceptors (Lipinski definition) is 13. The van der Waals surface area contributed by atoms with Gasteiger partial charge in [0, 0.05) is 6.61 Å². The molecule has 13 nitrogen and oxygen atoms in total. The summed E-state index contributed by atoms with van der Waals surface area (Å²) in [6.07, 6.45) is -3.86. The maximum atomic E-state index is 13.4. The molecule has 0 aromatic heterocycles. The molecule has 1 unspecified atom stereocenters. The van der Waals surface area contributed by atoms with Gasteiger partial charge in [-0.25, -0.2) is 4.79 Å². The lowest BCUT2D eigenvalue weighted by Crippen LogP contribution is -2.46. The second-order valence-corrected chi connectivity index (χ2v) is 30.2. The molecule has 1 aliphatic rings. The molecule has 1 N–H and O–H groups in total. The smallest absolute Gasteiger partial charge is 0.350 e. The number of hydrogen-bond donors (Lipinski definition) is 1. The minimum absolute atomic E-state index is 0.0330. The number of carbonyl (C=O) groups excluding carboxylic acids is 1. The van der Waals surface area contributed by atoms with E-state index in [-0.39, 0.29) is 28.5 Å². The normalized spacial score (nSPS) is 17.9. The van der Waals surface area contributed by atoms with Crippen LogP contribution in [0.2, 0.25) is 36.3 Å². The van der Waals surface area contributed by atoms with Gasteiger partial charge in [-0.2, -0.15) is 0 Å².